The number of hydrogen-bond acceptors (Lipinski definition) is 4. The molecule has 10 rings (SSSR count). The van der Waals surface area contributed by atoms with Crippen molar-refractivity contribution in [3.63, 3.8) is 0 Å². The Kier molecular flexibility index (Phi) is 16.3. The maximum absolute atomic E-state index is 13.3. The van der Waals surface area contributed by atoms with Gasteiger partial charge in [0.2, 0.25) is 0 Å². The van der Waals surface area contributed by atoms with E-state index < -0.39 is 8.07 Å². The summed E-state index contributed by atoms with van der Waals surface area (Å²) in [6, 6.07) is 48.6. The molecular weight excluding hydrogens is 1020 g/mol. The molecule has 0 amide bonds. The Balaban J connectivity index is 0.000000158. The normalized spacial score (nSPS) is 12.2. The molecule has 67 heavy (non-hydrogen) atoms. The fraction of sp³-hybridized carbons (Fsp3) is 0.250. The van der Waals surface area contributed by atoms with Crippen LogP contribution < -0.4 is 5.19 Å². The van der Waals surface area contributed by atoms with E-state index >= 15 is 0 Å². The molecule has 4 aromatic heterocycles. The number of benzene rings is 5. The van der Waals surface area contributed by atoms with E-state index in [0.717, 1.165) is 81.4 Å². The van der Waals surface area contributed by atoms with Crippen LogP contribution in [-0.2, 0) is 45.8 Å². The van der Waals surface area contributed by atoms with Crippen LogP contribution in [0.15, 0.2) is 169 Å². The molecule has 1 aliphatic rings. The first-order valence-corrected chi connectivity index (χ1v) is 27.1. The number of pyridine rings is 3. The number of hydrogen-bond donors (Lipinski definition) is 0. The minimum absolute atomic E-state index is 0. The molecule has 0 saturated carbocycles. The SMILES string of the molecule is CC(C)Cc1cc(-c2ccccc2)ncc1[Si](C)(C)C.CC(C)Cc1ccnc(-c2ccccc2)c1.Fc1ccc(-c2ccc3c(c2)oc2c(-c4nccc5c4CCCC5)cccc23)cc1.[Ir]. The Bertz CT molecular complexity index is 3030. The number of nitrogens with zero attached hydrogens (tertiary/aromatic N) is 3. The molecule has 0 aliphatic heterocycles. The zero-order valence-electron chi connectivity index (χ0n) is 39.9. The van der Waals surface area contributed by atoms with Crippen LogP contribution in [0.2, 0.25) is 19.6 Å². The van der Waals surface area contributed by atoms with E-state index in [0.29, 0.717) is 11.8 Å². The van der Waals surface area contributed by atoms with Crippen LogP contribution in [0.25, 0.3) is 66.8 Å². The van der Waals surface area contributed by atoms with Crippen LogP contribution in [0.1, 0.15) is 62.8 Å². The van der Waals surface area contributed by atoms with Crippen molar-refractivity contribution in [2.24, 2.45) is 11.8 Å². The summed E-state index contributed by atoms with van der Waals surface area (Å²) < 4.78 is 19.7. The molecule has 5 aromatic carbocycles. The summed E-state index contributed by atoms with van der Waals surface area (Å²) in [6.07, 6.45) is 12.9. The van der Waals surface area contributed by atoms with Crippen LogP contribution in [0.5, 0.6) is 0 Å². The molecule has 1 aliphatic carbocycles. The predicted octanol–water partition coefficient (Wildman–Crippen LogP) is 15.8. The van der Waals surface area contributed by atoms with Gasteiger partial charge in [-0.1, -0.05) is 138 Å². The smallest absolute Gasteiger partial charge is 0.144 e. The van der Waals surface area contributed by atoms with Gasteiger partial charge >= 0.3 is 0 Å². The number of para-hydroxylation sites is 1. The Hall–Kier alpha value is -5.85. The summed E-state index contributed by atoms with van der Waals surface area (Å²) in [5.74, 6) is 1.13. The first-order chi connectivity index (χ1) is 31.9. The van der Waals surface area contributed by atoms with Crippen LogP contribution in [-0.4, -0.2) is 23.0 Å². The molecule has 0 saturated heterocycles. The Morgan fingerprint density at radius 1 is 0.582 bits per heavy atom. The molecule has 343 valence electrons. The quantitative estimate of drug-likeness (QED) is 0.135. The van der Waals surface area contributed by atoms with E-state index in [-0.39, 0.29) is 25.9 Å². The molecule has 0 atom stereocenters. The molecule has 0 N–H and O–H groups in total. The van der Waals surface area contributed by atoms with Gasteiger partial charge in [0.1, 0.15) is 17.0 Å². The van der Waals surface area contributed by atoms with Gasteiger partial charge in [-0.2, -0.15) is 0 Å². The third kappa shape index (κ3) is 12.2. The number of rotatable bonds is 9. The van der Waals surface area contributed by atoms with Crippen LogP contribution in [0.3, 0.4) is 0 Å². The minimum atomic E-state index is -1.33. The van der Waals surface area contributed by atoms with Gasteiger partial charge in [0.15, 0.2) is 0 Å². The third-order valence-electron chi connectivity index (χ3n) is 12.2. The van der Waals surface area contributed by atoms with Gasteiger partial charge in [0.25, 0.3) is 0 Å². The minimum Gasteiger partial charge on any atom is -0.455 e. The fourth-order valence-electron chi connectivity index (χ4n) is 9.09. The Morgan fingerprint density at radius 2 is 1.22 bits per heavy atom. The van der Waals surface area contributed by atoms with Crippen molar-refractivity contribution >= 4 is 35.2 Å². The van der Waals surface area contributed by atoms with Crippen LogP contribution in [0.4, 0.5) is 4.39 Å². The summed E-state index contributed by atoms with van der Waals surface area (Å²) in [5.41, 5.74) is 16.0. The zero-order valence-corrected chi connectivity index (χ0v) is 43.3. The number of halogens is 1. The third-order valence-corrected chi connectivity index (χ3v) is 14.3. The molecular formula is C60H62FIrN3OSi. The van der Waals surface area contributed by atoms with Gasteiger partial charge in [-0.15, -0.1) is 0 Å². The standard InChI is InChI=1S/C27H20FNO.C18H25NSi.C15H17N.Ir/c28-20-11-8-17(9-12-20)19-10-13-22-23-6-3-7-24(27(23)30-25(22)16-19)26-21-5-2-1-4-18(21)14-15-29-26;1-14(2)11-16-12-17(15-9-7-6-8-10-15)19-13-18(16)20(3,4)5;1-12(2)10-13-8-9-16-15(11-13)14-6-4-3-5-7-14;/h3,6-16H,1-2,4-5H2;6-10,12-14H,11H2,1-5H3;3-9,11-12H,10H2,1-2H3;. The second-order valence-electron chi connectivity index (χ2n) is 19.5. The van der Waals surface area contributed by atoms with Crippen molar-refractivity contribution in [2.75, 3.05) is 0 Å². The van der Waals surface area contributed by atoms with E-state index in [9.17, 15) is 4.39 Å². The van der Waals surface area contributed by atoms with Gasteiger partial charge in [0, 0.05) is 66.2 Å². The van der Waals surface area contributed by atoms with E-state index in [2.05, 4.69) is 156 Å². The summed E-state index contributed by atoms with van der Waals surface area (Å²) >= 11 is 0. The largest absolute Gasteiger partial charge is 0.455 e. The van der Waals surface area contributed by atoms with Crippen molar-refractivity contribution in [1.29, 1.82) is 0 Å². The predicted molar refractivity (Wildman–Crippen MR) is 278 cm³/mol. The average Bonchev–Trinajstić information content (AvgIpc) is 3.70. The fourth-order valence-corrected chi connectivity index (χ4v) is 10.7. The van der Waals surface area contributed by atoms with E-state index in [4.69, 9.17) is 14.4 Å². The average molecular weight is 1080 g/mol. The zero-order chi connectivity index (χ0) is 46.2. The summed E-state index contributed by atoms with van der Waals surface area (Å²) in [4.78, 5) is 13.9. The number of aromatic nitrogens is 3. The molecule has 4 heterocycles. The van der Waals surface area contributed by atoms with Crippen molar-refractivity contribution in [1.82, 2.24) is 15.0 Å². The molecule has 7 heteroatoms. The molecule has 0 unspecified atom stereocenters. The molecule has 1 radical (unpaired) electrons. The van der Waals surface area contributed by atoms with Crippen molar-refractivity contribution in [2.45, 2.75) is 85.9 Å². The number of fused-ring (bicyclic) bond motifs is 4. The van der Waals surface area contributed by atoms with E-state index in [1.54, 1.807) is 12.1 Å². The molecule has 0 spiro atoms. The second kappa shape index (κ2) is 22.3. The molecule has 9 aromatic rings. The van der Waals surface area contributed by atoms with Crippen molar-refractivity contribution in [3.8, 4) is 44.9 Å². The molecule has 0 fully saturated rings. The van der Waals surface area contributed by atoms with Gasteiger partial charge in [-0.3, -0.25) is 15.0 Å². The van der Waals surface area contributed by atoms with E-state index in [1.165, 1.54) is 63.5 Å². The van der Waals surface area contributed by atoms with Gasteiger partial charge in [-0.25, -0.2) is 4.39 Å². The number of furan rings is 1. The van der Waals surface area contributed by atoms with Gasteiger partial charge < -0.3 is 4.42 Å². The Labute approximate surface area is 411 Å². The summed E-state index contributed by atoms with van der Waals surface area (Å²) in [7, 11) is -1.33. The maximum atomic E-state index is 13.3. The first-order valence-electron chi connectivity index (χ1n) is 23.6. The number of aryl methyl sites for hydroxylation is 1. The molecule has 4 nitrogen and oxygen atoms in total. The van der Waals surface area contributed by atoms with Crippen molar-refractivity contribution in [3.05, 3.63) is 192 Å². The topological polar surface area (TPSA) is 51.8 Å². The van der Waals surface area contributed by atoms with Gasteiger partial charge in [0.05, 0.1) is 25.2 Å². The van der Waals surface area contributed by atoms with Crippen molar-refractivity contribution < 1.29 is 28.9 Å². The second-order valence-corrected chi connectivity index (χ2v) is 24.5. The van der Waals surface area contributed by atoms with Crippen LogP contribution in [0, 0.1) is 17.7 Å². The molecule has 0 bridgehead atoms. The first kappa shape index (κ1) is 49.1. The monoisotopic (exact) mass is 1080 g/mol. The Morgan fingerprint density at radius 3 is 1.90 bits per heavy atom. The summed E-state index contributed by atoms with van der Waals surface area (Å²) in [5, 5.41) is 3.69. The summed E-state index contributed by atoms with van der Waals surface area (Å²) in [6.45, 7) is 16.3. The van der Waals surface area contributed by atoms with E-state index in [1.807, 2.05) is 36.7 Å². The van der Waals surface area contributed by atoms with Gasteiger partial charge in [-0.05, 0) is 144 Å². The van der Waals surface area contributed by atoms with Crippen LogP contribution >= 0.6 is 0 Å². The maximum Gasteiger partial charge on any atom is 0.144 e.